The van der Waals surface area contributed by atoms with Crippen LogP contribution in [0.5, 0.6) is 5.75 Å². The third kappa shape index (κ3) is 5.05. The first-order valence-electron chi connectivity index (χ1n) is 12.7. The second-order valence-corrected chi connectivity index (χ2v) is 9.61. The van der Waals surface area contributed by atoms with Crippen LogP contribution in [0, 0.1) is 5.82 Å². The summed E-state index contributed by atoms with van der Waals surface area (Å²) in [5.41, 5.74) is 8.94. The van der Waals surface area contributed by atoms with Crippen LogP contribution in [0.15, 0.2) is 42.7 Å². The van der Waals surface area contributed by atoms with E-state index in [-0.39, 0.29) is 47.0 Å². The Hall–Kier alpha value is -4.38. The molecule has 1 aliphatic heterocycles. The molecule has 3 N–H and O–H groups in total. The molecule has 10 nitrogen and oxygen atoms in total. The second kappa shape index (κ2) is 10.8. The maximum atomic E-state index is 14.7. The summed E-state index contributed by atoms with van der Waals surface area (Å²) in [6, 6.07) is 7.64. The molecule has 0 saturated carbocycles. The van der Waals surface area contributed by atoms with E-state index in [1.807, 2.05) is 6.20 Å². The van der Waals surface area contributed by atoms with Crippen LogP contribution in [0.25, 0.3) is 22.3 Å². The molecule has 2 aromatic carbocycles. The van der Waals surface area contributed by atoms with Gasteiger partial charge in [0.25, 0.3) is 5.91 Å². The molecule has 0 spiro atoms. The van der Waals surface area contributed by atoms with Crippen LogP contribution >= 0.6 is 0 Å². The van der Waals surface area contributed by atoms with Gasteiger partial charge in [-0.25, -0.2) is 14.4 Å². The molecule has 202 valence electrons. The Bertz CT molecular complexity index is 1570. The number of carbonyl (C=O) groups is 2. The molecule has 0 unspecified atom stereocenters. The van der Waals surface area contributed by atoms with Gasteiger partial charge in [-0.2, -0.15) is 5.10 Å². The van der Waals surface area contributed by atoms with Crippen molar-refractivity contribution in [3.63, 3.8) is 0 Å². The zero-order chi connectivity index (χ0) is 27.7. The van der Waals surface area contributed by atoms with Crippen molar-refractivity contribution in [2.24, 2.45) is 12.8 Å². The lowest BCUT2D eigenvalue weighted by Gasteiger charge is -2.34. The van der Waals surface area contributed by atoms with Gasteiger partial charge in [-0.05, 0) is 42.7 Å². The van der Waals surface area contributed by atoms with Gasteiger partial charge in [-0.15, -0.1) is 0 Å². The SMILES string of the molecule is CNC(=O)c1cc(CC(=O)c2ccnc(-c3c(F)cccc3OC)n2)c(N2CCC[C@@H](N)C2)c2cn(C)nc12. The lowest BCUT2D eigenvalue weighted by atomic mass is 9.95. The number of benzene rings is 2. The third-order valence-corrected chi connectivity index (χ3v) is 6.92. The summed E-state index contributed by atoms with van der Waals surface area (Å²) in [4.78, 5) is 37.2. The Balaban J connectivity index is 1.60. The average molecular weight is 532 g/mol. The van der Waals surface area contributed by atoms with Gasteiger partial charge in [0.15, 0.2) is 11.6 Å². The van der Waals surface area contributed by atoms with Crippen LogP contribution in [-0.4, -0.2) is 64.7 Å². The molecule has 1 saturated heterocycles. The summed E-state index contributed by atoms with van der Waals surface area (Å²) < 4.78 is 21.6. The van der Waals surface area contributed by atoms with Crippen LogP contribution in [-0.2, 0) is 13.5 Å². The quantitative estimate of drug-likeness (QED) is 0.349. The number of piperidine rings is 1. The first-order valence-corrected chi connectivity index (χ1v) is 12.7. The average Bonchev–Trinajstić information content (AvgIpc) is 3.32. The highest BCUT2D eigenvalue weighted by molar-refractivity contribution is 6.10. The fourth-order valence-corrected chi connectivity index (χ4v) is 5.16. The van der Waals surface area contributed by atoms with Crippen LogP contribution < -0.4 is 20.7 Å². The van der Waals surface area contributed by atoms with Gasteiger partial charge in [-0.3, -0.25) is 14.3 Å². The number of ketones is 1. The monoisotopic (exact) mass is 531 g/mol. The number of aryl methyl sites for hydroxylation is 1. The lowest BCUT2D eigenvalue weighted by Crippen LogP contribution is -2.43. The smallest absolute Gasteiger partial charge is 0.253 e. The van der Waals surface area contributed by atoms with Crippen LogP contribution in [0.2, 0.25) is 0 Å². The van der Waals surface area contributed by atoms with Crippen molar-refractivity contribution in [2.75, 3.05) is 32.1 Å². The highest BCUT2D eigenvalue weighted by atomic mass is 19.1. The maximum absolute atomic E-state index is 14.7. The number of nitrogens with two attached hydrogens (primary N) is 1. The van der Waals surface area contributed by atoms with Gasteiger partial charge in [0.2, 0.25) is 0 Å². The second-order valence-electron chi connectivity index (χ2n) is 9.61. The fraction of sp³-hybridized carbons (Fsp3) is 0.321. The Labute approximate surface area is 225 Å². The molecule has 0 radical (unpaired) electrons. The van der Waals surface area contributed by atoms with E-state index in [1.165, 1.54) is 31.5 Å². The van der Waals surface area contributed by atoms with Gasteiger partial charge in [0, 0.05) is 57.4 Å². The summed E-state index contributed by atoms with van der Waals surface area (Å²) >= 11 is 0. The molecular formula is C28H30FN7O3. The number of fused-ring (bicyclic) bond motifs is 1. The van der Waals surface area contributed by atoms with Crippen molar-refractivity contribution < 1.29 is 18.7 Å². The van der Waals surface area contributed by atoms with Gasteiger partial charge < -0.3 is 20.7 Å². The van der Waals surface area contributed by atoms with Crippen molar-refractivity contribution in [2.45, 2.75) is 25.3 Å². The van der Waals surface area contributed by atoms with Crippen molar-refractivity contribution >= 4 is 28.3 Å². The molecule has 2 aromatic heterocycles. The Kier molecular flexibility index (Phi) is 7.25. The number of nitrogens with one attached hydrogen (secondary N) is 1. The van der Waals surface area contributed by atoms with Crippen LogP contribution in [0.4, 0.5) is 10.1 Å². The van der Waals surface area contributed by atoms with Crippen molar-refractivity contribution in [1.82, 2.24) is 25.1 Å². The van der Waals surface area contributed by atoms with E-state index in [0.29, 0.717) is 23.2 Å². The number of hydrogen-bond acceptors (Lipinski definition) is 8. The molecule has 4 aromatic rings. The van der Waals surface area contributed by atoms with E-state index in [0.717, 1.165) is 30.5 Å². The zero-order valence-electron chi connectivity index (χ0n) is 22.1. The number of aromatic nitrogens is 4. The first kappa shape index (κ1) is 26.2. The lowest BCUT2D eigenvalue weighted by molar-refractivity contribution is 0.0960. The van der Waals surface area contributed by atoms with E-state index in [2.05, 4.69) is 25.3 Å². The zero-order valence-corrected chi connectivity index (χ0v) is 22.1. The van der Waals surface area contributed by atoms with Crippen molar-refractivity contribution in [3.8, 4) is 17.1 Å². The molecular weight excluding hydrogens is 501 g/mol. The topological polar surface area (TPSA) is 128 Å². The Morgan fingerprint density at radius 3 is 2.85 bits per heavy atom. The van der Waals surface area contributed by atoms with E-state index >= 15 is 0 Å². The number of amides is 1. The fourth-order valence-electron chi connectivity index (χ4n) is 5.16. The number of ether oxygens (including phenoxy) is 1. The standard InChI is InChI=1S/C28H30FN7O3/c1-31-28(38)18-12-16(26(19-15-35(2)34-25(18)19)36-11-5-6-17(30)14-36)13-22(37)21-9-10-32-27(33-21)24-20(29)7-4-8-23(24)39-3/h4,7-10,12,15,17H,5-6,11,13-14,30H2,1-3H3,(H,31,38)/t17-/m1/s1. The highest BCUT2D eigenvalue weighted by Crippen LogP contribution is 2.36. The highest BCUT2D eigenvalue weighted by Gasteiger charge is 2.27. The van der Waals surface area contributed by atoms with Crippen LogP contribution in [0.3, 0.4) is 0 Å². The number of nitrogens with zero attached hydrogens (tertiary/aromatic N) is 5. The number of carbonyl (C=O) groups excluding carboxylic acids is 2. The van der Waals surface area contributed by atoms with E-state index in [4.69, 9.17) is 10.5 Å². The first-order chi connectivity index (χ1) is 18.8. The van der Waals surface area contributed by atoms with Gasteiger partial charge >= 0.3 is 0 Å². The van der Waals surface area contributed by atoms with Crippen LogP contribution in [0.1, 0.15) is 39.3 Å². The predicted octanol–water partition coefficient (Wildman–Crippen LogP) is 2.89. The van der Waals surface area contributed by atoms with E-state index < -0.39 is 5.82 Å². The number of halogens is 1. The molecule has 5 rings (SSSR count). The third-order valence-electron chi connectivity index (χ3n) is 6.92. The minimum Gasteiger partial charge on any atom is -0.496 e. The number of methoxy groups -OCH3 is 1. The summed E-state index contributed by atoms with van der Waals surface area (Å²) in [5, 5.41) is 7.99. The van der Waals surface area contributed by atoms with E-state index in [1.54, 1.807) is 30.9 Å². The number of Topliss-reactive ketones (excluding diaryl/α,β-unsaturated/α-hetero) is 1. The number of rotatable bonds is 7. The molecule has 1 atom stereocenters. The molecule has 1 fully saturated rings. The van der Waals surface area contributed by atoms with Gasteiger partial charge in [-0.1, -0.05) is 6.07 Å². The van der Waals surface area contributed by atoms with Crippen molar-refractivity contribution in [3.05, 3.63) is 65.4 Å². The molecule has 1 aliphatic rings. The minimum atomic E-state index is -0.556. The maximum Gasteiger partial charge on any atom is 0.253 e. The van der Waals surface area contributed by atoms with E-state index in [9.17, 15) is 14.0 Å². The summed E-state index contributed by atoms with van der Waals surface area (Å²) in [6.07, 6.45) is 5.07. The predicted molar refractivity (Wildman–Crippen MR) is 146 cm³/mol. The minimum absolute atomic E-state index is 0.00666. The molecule has 39 heavy (non-hydrogen) atoms. The normalized spacial score (nSPS) is 15.4. The van der Waals surface area contributed by atoms with Crippen molar-refractivity contribution in [1.29, 1.82) is 0 Å². The summed E-state index contributed by atoms with van der Waals surface area (Å²) in [7, 11) is 4.78. The Morgan fingerprint density at radius 1 is 1.28 bits per heavy atom. The number of hydrogen-bond donors (Lipinski definition) is 2. The molecule has 0 aliphatic carbocycles. The Morgan fingerprint density at radius 2 is 2.10 bits per heavy atom. The van der Waals surface area contributed by atoms with Gasteiger partial charge in [0.05, 0.1) is 23.9 Å². The molecule has 1 amide bonds. The molecule has 0 bridgehead atoms. The molecule has 11 heteroatoms. The largest absolute Gasteiger partial charge is 0.496 e. The summed E-state index contributed by atoms with van der Waals surface area (Å²) in [5.74, 6) is -0.847. The molecule has 3 heterocycles. The summed E-state index contributed by atoms with van der Waals surface area (Å²) in [6.45, 7) is 1.39. The van der Waals surface area contributed by atoms with Gasteiger partial charge in [0.1, 0.15) is 22.8 Å². The number of anilines is 1.